The van der Waals surface area contributed by atoms with Crippen molar-refractivity contribution < 1.29 is 9.84 Å². The lowest BCUT2D eigenvalue weighted by atomic mass is 10.2. The van der Waals surface area contributed by atoms with Crippen LogP contribution in [0.5, 0.6) is 11.5 Å². The predicted molar refractivity (Wildman–Crippen MR) is 79.2 cm³/mol. The number of para-hydroxylation sites is 1. The molecule has 0 unspecified atom stereocenters. The lowest BCUT2D eigenvalue weighted by molar-refractivity contribution is 0.276. The third-order valence-electron chi connectivity index (χ3n) is 3.03. The molecular weight excluding hydrogens is 274 g/mol. The van der Waals surface area contributed by atoms with E-state index in [2.05, 4.69) is 4.98 Å². The number of halogens is 1. The molecule has 0 spiro atoms. The van der Waals surface area contributed by atoms with Crippen LogP contribution in [0.25, 0.3) is 10.9 Å². The van der Waals surface area contributed by atoms with Crippen molar-refractivity contribution in [3.63, 3.8) is 0 Å². The van der Waals surface area contributed by atoms with Gasteiger partial charge in [0.25, 0.3) is 0 Å². The van der Waals surface area contributed by atoms with Gasteiger partial charge in [0.1, 0.15) is 11.5 Å². The van der Waals surface area contributed by atoms with E-state index in [9.17, 15) is 5.11 Å². The summed E-state index contributed by atoms with van der Waals surface area (Å²) in [7, 11) is 0. The highest BCUT2D eigenvalue weighted by Gasteiger charge is 2.07. The molecule has 3 aromatic rings. The van der Waals surface area contributed by atoms with Crippen LogP contribution in [-0.4, -0.2) is 10.1 Å². The summed E-state index contributed by atoms with van der Waals surface area (Å²) in [6, 6.07) is 14.7. The standard InChI is InChI=1S/C16H12ClNO2/c17-12-5-6-13-14(9-12)18-8-7-16(13)20-15-4-2-1-3-11(15)10-19/h1-9,19H,10H2. The van der Waals surface area contributed by atoms with Crippen molar-refractivity contribution in [3.05, 3.63) is 65.3 Å². The highest BCUT2D eigenvalue weighted by atomic mass is 35.5. The van der Waals surface area contributed by atoms with Gasteiger partial charge in [-0.25, -0.2) is 0 Å². The molecule has 0 amide bonds. The summed E-state index contributed by atoms with van der Waals surface area (Å²) in [5, 5.41) is 10.9. The van der Waals surface area contributed by atoms with Crippen molar-refractivity contribution in [1.82, 2.24) is 4.98 Å². The third-order valence-corrected chi connectivity index (χ3v) is 3.26. The number of aliphatic hydroxyl groups excluding tert-OH is 1. The lowest BCUT2D eigenvalue weighted by Crippen LogP contribution is -1.92. The number of fused-ring (bicyclic) bond motifs is 1. The van der Waals surface area contributed by atoms with Crippen LogP contribution in [0, 0.1) is 0 Å². The Morgan fingerprint density at radius 1 is 1.05 bits per heavy atom. The zero-order valence-corrected chi connectivity index (χ0v) is 11.3. The Bertz CT molecular complexity index is 758. The van der Waals surface area contributed by atoms with Crippen molar-refractivity contribution in [2.75, 3.05) is 0 Å². The molecule has 1 aromatic heterocycles. The van der Waals surface area contributed by atoms with E-state index in [0.717, 1.165) is 16.5 Å². The van der Waals surface area contributed by atoms with E-state index in [1.807, 2.05) is 30.3 Å². The van der Waals surface area contributed by atoms with E-state index < -0.39 is 0 Å². The van der Waals surface area contributed by atoms with Gasteiger partial charge in [0.2, 0.25) is 0 Å². The van der Waals surface area contributed by atoms with Gasteiger partial charge < -0.3 is 9.84 Å². The lowest BCUT2D eigenvalue weighted by Gasteiger charge is -2.11. The van der Waals surface area contributed by atoms with E-state index in [0.29, 0.717) is 16.5 Å². The van der Waals surface area contributed by atoms with Gasteiger partial charge in [-0.3, -0.25) is 4.98 Å². The fourth-order valence-electron chi connectivity index (χ4n) is 2.04. The van der Waals surface area contributed by atoms with Gasteiger partial charge in [0.15, 0.2) is 0 Å². The van der Waals surface area contributed by atoms with Gasteiger partial charge in [-0.1, -0.05) is 29.8 Å². The second kappa shape index (κ2) is 5.49. The number of aromatic nitrogens is 1. The van der Waals surface area contributed by atoms with Gasteiger partial charge in [-0.2, -0.15) is 0 Å². The summed E-state index contributed by atoms with van der Waals surface area (Å²) in [4.78, 5) is 4.27. The maximum atomic E-state index is 9.34. The molecule has 20 heavy (non-hydrogen) atoms. The minimum absolute atomic E-state index is 0.0645. The Kier molecular flexibility index (Phi) is 3.54. The smallest absolute Gasteiger partial charge is 0.138 e. The van der Waals surface area contributed by atoms with Crippen molar-refractivity contribution in [2.24, 2.45) is 0 Å². The molecule has 2 aromatic carbocycles. The summed E-state index contributed by atoms with van der Waals surface area (Å²) in [5.41, 5.74) is 1.52. The highest BCUT2D eigenvalue weighted by molar-refractivity contribution is 6.31. The summed E-state index contributed by atoms with van der Waals surface area (Å²) < 4.78 is 5.91. The number of hydrogen-bond donors (Lipinski definition) is 1. The first-order valence-corrected chi connectivity index (χ1v) is 6.56. The second-order valence-electron chi connectivity index (χ2n) is 4.34. The highest BCUT2D eigenvalue weighted by Crippen LogP contribution is 2.31. The zero-order valence-electron chi connectivity index (χ0n) is 10.6. The molecule has 0 saturated carbocycles. The third kappa shape index (κ3) is 2.46. The summed E-state index contributed by atoms with van der Waals surface area (Å²) in [5.74, 6) is 1.32. The number of rotatable bonds is 3. The maximum Gasteiger partial charge on any atom is 0.138 e. The first kappa shape index (κ1) is 12.9. The van der Waals surface area contributed by atoms with Crippen molar-refractivity contribution >= 4 is 22.5 Å². The number of pyridine rings is 1. The number of benzene rings is 2. The van der Waals surface area contributed by atoms with E-state index in [1.165, 1.54) is 0 Å². The Hall–Kier alpha value is -2.10. The van der Waals surface area contributed by atoms with Gasteiger partial charge >= 0.3 is 0 Å². The van der Waals surface area contributed by atoms with Crippen LogP contribution in [0.2, 0.25) is 5.02 Å². The van der Waals surface area contributed by atoms with E-state index in [-0.39, 0.29) is 6.61 Å². The molecule has 0 atom stereocenters. The fourth-order valence-corrected chi connectivity index (χ4v) is 2.20. The number of aliphatic hydroxyl groups is 1. The average Bonchev–Trinajstić information content (AvgIpc) is 2.47. The topological polar surface area (TPSA) is 42.4 Å². The van der Waals surface area contributed by atoms with E-state index >= 15 is 0 Å². The summed E-state index contributed by atoms with van der Waals surface area (Å²) >= 11 is 5.97. The molecule has 0 aliphatic carbocycles. The van der Waals surface area contributed by atoms with Crippen LogP contribution in [-0.2, 0) is 6.61 Å². The van der Waals surface area contributed by atoms with Crippen LogP contribution < -0.4 is 4.74 Å². The molecule has 3 rings (SSSR count). The average molecular weight is 286 g/mol. The van der Waals surface area contributed by atoms with Gasteiger partial charge in [0, 0.05) is 22.2 Å². The maximum absolute atomic E-state index is 9.34. The van der Waals surface area contributed by atoms with Gasteiger partial charge in [-0.05, 0) is 30.3 Å². The van der Waals surface area contributed by atoms with Gasteiger partial charge in [0.05, 0.1) is 12.1 Å². The molecule has 4 heteroatoms. The number of hydrogen-bond acceptors (Lipinski definition) is 3. The van der Waals surface area contributed by atoms with Gasteiger partial charge in [-0.15, -0.1) is 0 Å². The molecule has 1 N–H and O–H groups in total. The van der Waals surface area contributed by atoms with Crippen LogP contribution in [0.3, 0.4) is 0 Å². The Morgan fingerprint density at radius 2 is 1.90 bits per heavy atom. The summed E-state index contributed by atoms with van der Waals surface area (Å²) in [6.07, 6.45) is 1.68. The number of nitrogens with zero attached hydrogens (tertiary/aromatic N) is 1. The predicted octanol–water partition coefficient (Wildman–Crippen LogP) is 4.17. The first-order chi connectivity index (χ1) is 9.78. The molecule has 0 aliphatic heterocycles. The van der Waals surface area contributed by atoms with Crippen LogP contribution in [0.15, 0.2) is 54.7 Å². The van der Waals surface area contributed by atoms with E-state index in [4.69, 9.17) is 16.3 Å². The molecule has 0 saturated heterocycles. The molecule has 100 valence electrons. The molecule has 0 fully saturated rings. The monoisotopic (exact) mass is 285 g/mol. The Labute approximate surface area is 121 Å². The van der Waals surface area contributed by atoms with E-state index in [1.54, 1.807) is 24.4 Å². The Morgan fingerprint density at radius 3 is 2.75 bits per heavy atom. The SMILES string of the molecule is OCc1ccccc1Oc1ccnc2cc(Cl)ccc12. The second-order valence-corrected chi connectivity index (χ2v) is 4.77. The fraction of sp³-hybridized carbons (Fsp3) is 0.0625. The quantitative estimate of drug-likeness (QED) is 0.785. The number of ether oxygens (including phenoxy) is 1. The molecule has 1 heterocycles. The van der Waals surface area contributed by atoms with Crippen molar-refractivity contribution in [3.8, 4) is 11.5 Å². The van der Waals surface area contributed by atoms with Crippen LogP contribution >= 0.6 is 11.6 Å². The molecule has 0 bridgehead atoms. The normalized spacial score (nSPS) is 10.7. The molecule has 0 radical (unpaired) electrons. The minimum atomic E-state index is -0.0645. The van der Waals surface area contributed by atoms with Crippen LogP contribution in [0.4, 0.5) is 0 Å². The largest absolute Gasteiger partial charge is 0.456 e. The van der Waals surface area contributed by atoms with Crippen LogP contribution in [0.1, 0.15) is 5.56 Å². The summed E-state index contributed by atoms with van der Waals surface area (Å²) in [6.45, 7) is -0.0645. The Balaban J connectivity index is 2.07. The molecule has 0 aliphatic rings. The first-order valence-electron chi connectivity index (χ1n) is 6.19. The van der Waals surface area contributed by atoms with Crippen molar-refractivity contribution in [2.45, 2.75) is 6.61 Å². The minimum Gasteiger partial charge on any atom is -0.456 e. The van der Waals surface area contributed by atoms with Crippen molar-refractivity contribution in [1.29, 1.82) is 0 Å². The molecule has 3 nitrogen and oxygen atoms in total. The zero-order chi connectivity index (χ0) is 13.9. The molecular formula is C16H12ClNO2.